The van der Waals surface area contributed by atoms with Crippen molar-refractivity contribution in [1.82, 2.24) is 34.9 Å². The molecule has 0 aliphatic heterocycles. The lowest BCUT2D eigenvalue weighted by atomic mass is 9.99. The highest BCUT2D eigenvalue weighted by Gasteiger charge is 2.18. The van der Waals surface area contributed by atoms with Crippen LogP contribution in [0.4, 0.5) is 0 Å². The molecule has 0 spiro atoms. The van der Waals surface area contributed by atoms with Crippen molar-refractivity contribution < 1.29 is 9.59 Å². The van der Waals surface area contributed by atoms with E-state index < -0.39 is 0 Å². The Morgan fingerprint density at radius 1 is 1.22 bits per heavy atom. The van der Waals surface area contributed by atoms with Gasteiger partial charge in [0.25, 0.3) is 5.91 Å². The molecule has 0 bridgehead atoms. The van der Waals surface area contributed by atoms with Gasteiger partial charge in [0.2, 0.25) is 5.91 Å². The number of amides is 2. The van der Waals surface area contributed by atoms with Gasteiger partial charge in [-0.2, -0.15) is 5.10 Å². The lowest BCUT2D eigenvalue weighted by Gasteiger charge is -2.15. The molecule has 0 aromatic carbocycles. The van der Waals surface area contributed by atoms with Crippen LogP contribution in [0.15, 0.2) is 42.6 Å². The lowest BCUT2D eigenvalue weighted by molar-refractivity contribution is -0.118. The molecule has 1 unspecified atom stereocenters. The average Bonchev–Trinajstić information content (AvgIpc) is 3.55. The van der Waals surface area contributed by atoms with Crippen molar-refractivity contribution in [3.8, 4) is 11.3 Å². The molecule has 0 aliphatic rings. The fourth-order valence-electron chi connectivity index (χ4n) is 3.51. The van der Waals surface area contributed by atoms with Gasteiger partial charge in [0.1, 0.15) is 17.0 Å². The zero-order valence-corrected chi connectivity index (χ0v) is 18.2. The van der Waals surface area contributed by atoms with E-state index in [1.54, 1.807) is 22.4 Å². The standard InChI is InChI=1S/C21H24N8O2S/c22-18(30)5-3-1-2-4-15(9-25-21(31)17-11-23-13-32-17)20-24-10-16(28-20)14-6-7-29-19(8-14)26-12-27-29/h6-8,10-13,15H,1-5,9H2,(H2,22,30)(H,24,28)(H,25,31). The van der Waals surface area contributed by atoms with Gasteiger partial charge >= 0.3 is 0 Å². The third-order valence-electron chi connectivity index (χ3n) is 5.21. The lowest BCUT2D eigenvalue weighted by Crippen LogP contribution is -2.28. The highest BCUT2D eigenvalue weighted by Crippen LogP contribution is 2.24. The molecule has 1 atom stereocenters. The first-order valence-corrected chi connectivity index (χ1v) is 11.3. The predicted octanol–water partition coefficient (Wildman–Crippen LogP) is 2.53. The van der Waals surface area contributed by atoms with Gasteiger partial charge in [0.05, 0.1) is 23.6 Å². The molecule has 0 saturated carbocycles. The number of fused-ring (bicyclic) bond motifs is 1. The Labute approximate surface area is 188 Å². The fourth-order valence-corrected chi connectivity index (χ4v) is 4.04. The molecule has 0 saturated heterocycles. The molecular formula is C21H24N8O2S. The number of carbonyl (C=O) groups excluding carboxylic acids is 2. The van der Waals surface area contributed by atoms with E-state index in [0.717, 1.165) is 48.4 Å². The summed E-state index contributed by atoms with van der Waals surface area (Å²) in [5.41, 5.74) is 9.44. The largest absolute Gasteiger partial charge is 0.370 e. The van der Waals surface area contributed by atoms with E-state index in [2.05, 4.69) is 30.4 Å². The monoisotopic (exact) mass is 452 g/mol. The van der Waals surface area contributed by atoms with E-state index in [9.17, 15) is 9.59 Å². The van der Waals surface area contributed by atoms with E-state index in [4.69, 9.17) is 5.73 Å². The Balaban J connectivity index is 1.45. The molecule has 4 aromatic heterocycles. The number of nitrogens with two attached hydrogens (primary N) is 1. The van der Waals surface area contributed by atoms with Crippen LogP contribution in [0.2, 0.25) is 0 Å². The second-order valence-electron chi connectivity index (χ2n) is 7.50. The smallest absolute Gasteiger partial charge is 0.263 e. The summed E-state index contributed by atoms with van der Waals surface area (Å²) >= 11 is 1.31. The van der Waals surface area contributed by atoms with Crippen molar-refractivity contribution in [2.75, 3.05) is 6.54 Å². The number of carbonyl (C=O) groups is 2. The molecule has 10 nitrogen and oxygen atoms in total. The first-order chi connectivity index (χ1) is 15.6. The normalized spacial score (nSPS) is 12.1. The van der Waals surface area contributed by atoms with Gasteiger partial charge in [-0.1, -0.05) is 12.8 Å². The highest BCUT2D eigenvalue weighted by molar-refractivity contribution is 7.11. The molecule has 4 N–H and O–H groups in total. The number of rotatable bonds is 11. The maximum absolute atomic E-state index is 12.4. The first-order valence-electron chi connectivity index (χ1n) is 10.4. The summed E-state index contributed by atoms with van der Waals surface area (Å²) in [6, 6.07) is 3.89. The summed E-state index contributed by atoms with van der Waals surface area (Å²) in [5, 5.41) is 7.10. The molecule has 4 aromatic rings. The van der Waals surface area contributed by atoms with Gasteiger partial charge in [-0.3, -0.25) is 14.6 Å². The van der Waals surface area contributed by atoms with Crippen LogP contribution in [-0.2, 0) is 4.79 Å². The van der Waals surface area contributed by atoms with Crippen LogP contribution in [0.25, 0.3) is 16.9 Å². The summed E-state index contributed by atoms with van der Waals surface area (Å²) < 4.78 is 1.70. The molecule has 0 radical (unpaired) electrons. The van der Waals surface area contributed by atoms with Crippen molar-refractivity contribution in [2.45, 2.75) is 38.0 Å². The number of aromatic amines is 1. The second-order valence-corrected chi connectivity index (χ2v) is 8.38. The molecule has 0 aliphatic carbocycles. The molecule has 4 heterocycles. The predicted molar refractivity (Wildman–Crippen MR) is 120 cm³/mol. The summed E-state index contributed by atoms with van der Waals surface area (Å²) in [7, 11) is 0. The van der Waals surface area contributed by atoms with E-state index in [1.165, 1.54) is 17.7 Å². The quantitative estimate of drug-likeness (QED) is 0.298. The van der Waals surface area contributed by atoms with Crippen molar-refractivity contribution in [3.63, 3.8) is 0 Å². The van der Waals surface area contributed by atoms with Crippen molar-refractivity contribution in [3.05, 3.63) is 53.3 Å². The number of aromatic nitrogens is 6. The first kappa shape index (κ1) is 21.6. The van der Waals surface area contributed by atoms with Crippen molar-refractivity contribution in [1.29, 1.82) is 0 Å². The molecule has 166 valence electrons. The number of thiazole rings is 1. The van der Waals surface area contributed by atoms with Gasteiger partial charge in [-0.25, -0.2) is 14.5 Å². The zero-order chi connectivity index (χ0) is 22.3. The third kappa shape index (κ3) is 5.35. The topological polar surface area (TPSA) is 144 Å². The van der Waals surface area contributed by atoms with Crippen LogP contribution in [0.1, 0.15) is 53.5 Å². The molecule has 4 rings (SSSR count). The summed E-state index contributed by atoms with van der Waals surface area (Å²) in [4.78, 5) is 40.1. The molecule has 32 heavy (non-hydrogen) atoms. The average molecular weight is 453 g/mol. The van der Waals surface area contributed by atoms with E-state index >= 15 is 0 Å². The van der Waals surface area contributed by atoms with Gasteiger partial charge in [0, 0.05) is 30.6 Å². The fraction of sp³-hybridized carbons (Fsp3) is 0.333. The van der Waals surface area contributed by atoms with Crippen LogP contribution >= 0.6 is 11.3 Å². The SMILES string of the molecule is NC(=O)CCCCCC(CNC(=O)c1cncs1)c1ncc(-c2ccn3ncnc3c2)[nH]1. The number of hydrogen-bond donors (Lipinski definition) is 3. The molecule has 2 amide bonds. The Kier molecular flexibility index (Phi) is 6.85. The van der Waals surface area contributed by atoms with Crippen LogP contribution < -0.4 is 11.1 Å². The van der Waals surface area contributed by atoms with Crippen LogP contribution in [0, 0.1) is 0 Å². The van der Waals surface area contributed by atoms with Crippen molar-refractivity contribution >= 4 is 28.8 Å². The van der Waals surface area contributed by atoms with E-state index in [0.29, 0.717) is 17.8 Å². The highest BCUT2D eigenvalue weighted by atomic mass is 32.1. The van der Waals surface area contributed by atoms with Gasteiger partial charge in [0.15, 0.2) is 5.65 Å². The van der Waals surface area contributed by atoms with E-state index in [-0.39, 0.29) is 17.7 Å². The number of pyridine rings is 1. The van der Waals surface area contributed by atoms with Gasteiger partial charge in [-0.15, -0.1) is 11.3 Å². The maximum atomic E-state index is 12.4. The Bertz CT molecular complexity index is 1180. The minimum Gasteiger partial charge on any atom is -0.370 e. The molecular weight excluding hydrogens is 428 g/mol. The second kappa shape index (κ2) is 10.1. The number of nitrogens with one attached hydrogen (secondary N) is 2. The van der Waals surface area contributed by atoms with Crippen LogP contribution in [-0.4, -0.2) is 47.9 Å². The van der Waals surface area contributed by atoms with E-state index in [1.807, 2.05) is 18.3 Å². The Morgan fingerprint density at radius 3 is 2.94 bits per heavy atom. The van der Waals surface area contributed by atoms with Crippen LogP contribution in [0.3, 0.4) is 0 Å². The number of hydrogen-bond acceptors (Lipinski definition) is 7. The number of primary amides is 1. The summed E-state index contributed by atoms with van der Waals surface area (Å²) in [6.45, 7) is 0.447. The maximum Gasteiger partial charge on any atom is 0.263 e. The van der Waals surface area contributed by atoms with Crippen molar-refractivity contribution in [2.24, 2.45) is 5.73 Å². The van der Waals surface area contributed by atoms with Gasteiger partial charge < -0.3 is 16.0 Å². The third-order valence-corrected chi connectivity index (χ3v) is 5.99. The van der Waals surface area contributed by atoms with Crippen LogP contribution in [0.5, 0.6) is 0 Å². The zero-order valence-electron chi connectivity index (χ0n) is 17.4. The Morgan fingerprint density at radius 2 is 2.12 bits per heavy atom. The molecule has 11 heteroatoms. The van der Waals surface area contributed by atoms with Gasteiger partial charge in [-0.05, 0) is 25.0 Å². The number of H-pyrrole nitrogens is 1. The summed E-state index contributed by atoms with van der Waals surface area (Å²) in [5.74, 6) is 0.390. The molecule has 0 fully saturated rings. The minimum absolute atomic E-state index is 0.00558. The Hall–Kier alpha value is -3.60. The minimum atomic E-state index is -0.279. The number of nitrogens with zero attached hydrogens (tertiary/aromatic N) is 5. The number of unbranched alkanes of at least 4 members (excludes halogenated alkanes) is 2. The summed E-state index contributed by atoms with van der Waals surface area (Å²) in [6.07, 6.45) is 10.5. The number of imidazole rings is 1.